The van der Waals surface area contributed by atoms with Crippen molar-refractivity contribution in [2.24, 2.45) is 0 Å². The van der Waals surface area contributed by atoms with Crippen LogP contribution in [-0.2, 0) is 6.54 Å². The Bertz CT molecular complexity index is 1040. The van der Waals surface area contributed by atoms with Gasteiger partial charge in [0.15, 0.2) is 18.9 Å². The second kappa shape index (κ2) is 7.45. The summed E-state index contributed by atoms with van der Waals surface area (Å²) >= 11 is 0. The lowest BCUT2D eigenvalue weighted by Crippen LogP contribution is -3.00. The van der Waals surface area contributed by atoms with E-state index in [1.807, 2.05) is 30.3 Å². The lowest BCUT2D eigenvalue weighted by Gasteiger charge is -2.06. The van der Waals surface area contributed by atoms with E-state index in [-0.39, 0.29) is 22.5 Å². The van der Waals surface area contributed by atoms with Gasteiger partial charge < -0.3 is 22.0 Å². The van der Waals surface area contributed by atoms with E-state index >= 15 is 0 Å². The third kappa shape index (κ3) is 3.54. The lowest BCUT2D eigenvalue weighted by molar-refractivity contribution is -0.688. The Kier molecular flexibility index (Phi) is 5.10. The van der Waals surface area contributed by atoms with Gasteiger partial charge in [0.2, 0.25) is 0 Å². The van der Waals surface area contributed by atoms with Crippen LogP contribution in [0.1, 0.15) is 5.56 Å². The zero-order valence-electron chi connectivity index (χ0n) is 13.5. The van der Waals surface area contributed by atoms with Gasteiger partial charge >= 0.3 is 0 Å². The number of aromatic amines is 1. The standard InChI is InChI=1S/C21H16N2O.BrH/c24-21-19-9-5-4-8-18(19)20(14-22-21)17-10-12-23(13-11-17)15-16-6-2-1-3-7-16;/h1-14H,15H2;1H. The lowest BCUT2D eigenvalue weighted by atomic mass is 10.0. The highest BCUT2D eigenvalue weighted by Gasteiger charge is 2.08. The molecule has 0 bridgehead atoms. The minimum atomic E-state index is -0.0515. The molecule has 0 fully saturated rings. The van der Waals surface area contributed by atoms with Gasteiger partial charge in [0.05, 0.1) is 0 Å². The zero-order valence-corrected chi connectivity index (χ0v) is 15.1. The quantitative estimate of drug-likeness (QED) is 0.507. The van der Waals surface area contributed by atoms with Crippen LogP contribution < -0.4 is 27.1 Å². The van der Waals surface area contributed by atoms with Crippen LogP contribution in [0.3, 0.4) is 0 Å². The number of halogens is 1. The van der Waals surface area contributed by atoms with Crippen LogP contribution in [0.25, 0.3) is 21.9 Å². The Morgan fingerprint density at radius 2 is 1.44 bits per heavy atom. The molecule has 0 unspecified atom stereocenters. The largest absolute Gasteiger partial charge is 1.00 e. The molecule has 0 radical (unpaired) electrons. The molecule has 0 amide bonds. The summed E-state index contributed by atoms with van der Waals surface area (Å²) in [5, 5.41) is 1.69. The van der Waals surface area contributed by atoms with Crippen molar-refractivity contribution in [3.8, 4) is 11.1 Å². The van der Waals surface area contributed by atoms with Gasteiger partial charge in [0, 0.05) is 34.8 Å². The normalized spacial score (nSPS) is 10.4. The van der Waals surface area contributed by atoms with E-state index in [0.29, 0.717) is 0 Å². The summed E-state index contributed by atoms with van der Waals surface area (Å²) in [6.45, 7) is 0.841. The van der Waals surface area contributed by atoms with Gasteiger partial charge in [-0.1, -0.05) is 48.5 Å². The minimum Gasteiger partial charge on any atom is -1.00 e. The molecule has 124 valence electrons. The first kappa shape index (κ1) is 17.1. The number of hydrogen-bond acceptors (Lipinski definition) is 1. The molecule has 4 heteroatoms. The first-order valence-corrected chi connectivity index (χ1v) is 7.95. The predicted molar refractivity (Wildman–Crippen MR) is 95.7 cm³/mol. The highest BCUT2D eigenvalue weighted by Crippen LogP contribution is 2.24. The fraction of sp³-hybridized carbons (Fsp3) is 0.0476. The van der Waals surface area contributed by atoms with Crippen molar-refractivity contribution in [1.82, 2.24) is 4.98 Å². The molecule has 0 aliphatic heterocycles. The number of benzene rings is 2. The Labute approximate surface area is 156 Å². The third-order valence-electron chi connectivity index (χ3n) is 4.22. The summed E-state index contributed by atoms with van der Waals surface area (Å²) < 4.78 is 2.15. The van der Waals surface area contributed by atoms with E-state index in [4.69, 9.17) is 0 Å². The summed E-state index contributed by atoms with van der Waals surface area (Å²) in [5.41, 5.74) is 3.35. The Morgan fingerprint density at radius 1 is 0.800 bits per heavy atom. The summed E-state index contributed by atoms with van der Waals surface area (Å²) in [7, 11) is 0. The summed E-state index contributed by atoms with van der Waals surface area (Å²) in [6, 6.07) is 22.2. The number of pyridine rings is 2. The van der Waals surface area contributed by atoms with Gasteiger partial charge in [-0.3, -0.25) is 4.79 Å². The highest BCUT2D eigenvalue weighted by atomic mass is 79.9. The van der Waals surface area contributed by atoms with Crippen LogP contribution in [0, 0.1) is 0 Å². The van der Waals surface area contributed by atoms with Crippen molar-refractivity contribution in [3.05, 3.63) is 101 Å². The molecule has 0 saturated heterocycles. The summed E-state index contributed by atoms with van der Waals surface area (Å²) in [6.07, 6.45) is 5.94. The molecule has 0 spiro atoms. The first-order chi connectivity index (χ1) is 11.8. The Morgan fingerprint density at radius 3 is 2.16 bits per heavy atom. The van der Waals surface area contributed by atoms with E-state index in [0.717, 1.165) is 28.4 Å². The molecule has 3 nitrogen and oxygen atoms in total. The molecule has 1 N–H and O–H groups in total. The van der Waals surface area contributed by atoms with Crippen molar-refractivity contribution in [1.29, 1.82) is 0 Å². The number of H-pyrrole nitrogens is 1. The van der Waals surface area contributed by atoms with Crippen LogP contribution in [-0.4, -0.2) is 4.98 Å². The van der Waals surface area contributed by atoms with E-state index in [2.05, 4.69) is 58.3 Å². The van der Waals surface area contributed by atoms with Gasteiger partial charge in [0.25, 0.3) is 5.56 Å². The van der Waals surface area contributed by atoms with Crippen molar-refractivity contribution in [2.45, 2.75) is 6.54 Å². The number of aromatic nitrogens is 2. The molecule has 2 aromatic carbocycles. The van der Waals surface area contributed by atoms with E-state index in [1.54, 1.807) is 6.20 Å². The molecule has 2 heterocycles. The van der Waals surface area contributed by atoms with Gasteiger partial charge in [-0.15, -0.1) is 0 Å². The van der Waals surface area contributed by atoms with Crippen LogP contribution in [0.4, 0.5) is 0 Å². The average molecular weight is 393 g/mol. The fourth-order valence-corrected chi connectivity index (χ4v) is 2.98. The van der Waals surface area contributed by atoms with Crippen molar-refractivity contribution in [2.75, 3.05) is 0 Å². The molecule has 0 aliphatic carbocycles. The van der Waals surface area contributed by atoms with Crippen molar-refractivity contribution < 1.29 is 21.5 Å². The number of nitrogens with one attached hydrogen (secondary N) is 1. The number of rotatable bonds is 3. The molecular weight excluding hydrogens is 376 g/mol. The van der Waals surface area contributed by atoms with Gasteiger partial charge in [-0.05, 0) is 17.0 Å². The van der Waals surface area contributed by atoms with Crippen LogP contribution in [0.15, 0.2) is 90.1 Å². The minimum absolute atomic E-state index is 0. The molecule has 4 aromatic rings. The van der Waals surface area contributed by atoms with Crippen LogP contribution in [0.5, 0.6) is 0 Å². The Balaban J connectivity index is 0.00000182. The smallest absolute Gasteiger partial charge is 0.255 e. The maximum Gasteiger partial charge on any atom is 0.255 e. The Hall–Kier alpha value is -2.72. The number of nitrogens with zero attached hydrogens (tertiary/aromatic N) is 1. The fourth-order valence-electron chi connectivity index (χ4n) is 2.98. The van der Waals surface area contributed by atoms with E-state index in [1.165, 1.54) is 5.56 Å². The van der Waals surface area contributed by atoms with Crippen LogP contribution in [0.2, 0.25) is 0 Å². The zero-order chi connectivity index (χ0) is 16.4. The highest BCUT2D eigenvalue weighted by molar-refractivity contribution is 5.95. The third-order valence-corrected chi connectivity index (χ3v) is 4.22. The SMILES string of the molecule is O=c1[nH]cc(-c2cc[n+](Cc3ccccc3)cc2)c2ccccc12.[Br-]. The maximum absolute atomic E-state index is 12.0. The number of fused-ring (bicyclic) bond motifs is 1. The van der Waals surface area contributed by atoms with Gasteiger partial charge in [0.1, 0.15) is 0 Å². The second-order valence-corrected chi connectivity index (χ2v) is 5.82. The molecule has 0 aliphatic rings. The van der Waals surface area contributed by atoms with E-state index < -0.39 is 0 Å². The summed E-state index contributed by atoms with van der Waals surface area (Å²) in [5.74, 6) is 0. The average Bonchev–Trinajstić information content (AvgIpc) is 2.64. The predicted octanol–water partition coefficient (Wildman–Crippen LogP) is 0.535. The molecule has 0 atom stereocenters. The summed E-state index contributed by atoms with van der Waals surface area (Å²) in [4.78, 5) is 14.8. The molecule has 4 rings (SSSR count). The maximum atomic E-state index is 12.0. The first-order valence-electron chi connectivity index (χ1n) is 7.95. The van der Waals surface area contributed by atoms with E-state index in [9.17, 15) is 4.79 Å². The number of hydrogen-bond donors (Lipinski definition) is 1. The monoisotopic (exact) mass is 392 g/mol. The topological polar surface area (TPSA) is 36.7 Å². The van der Waals surface area contributed by atoms with Crippen molar-refractivity contribution in [3.63, 3.8) is 0 Å². The van der Waals surface area contributed by atoms with Gasteiger partial charge in [-0.2, -0.15) is 0 Å². The molecular formula is C21H17BrN2O. The molecule has 0 saturated carbocycles. The molecule has 25 heavy (non-hydrogen) atoms. The van der Waals surface area contributed by atoms with Gasteiger partial charge in [-0.25, -0.2) is 4.57 Å². The molecule has 2 aromatic heterocycles. The second-order valence-electron chi connectivity index (χ2n) is 5.82. The van der Waals surface area contributed by atoms with Crippen molar-refractivity contribution >= 4 is 10.8 Å². The van der Waals surface area contributed by atoms with Crippen LogP contribution >= 0.6 is 0 Å².